The summed E-state index contributed by atoms with van der Waals surface area (Å²) in [7, 11) is 1.56. The molecule has 16 heavy (non-hydrogen) atoms. The fourth-order valence-electron chi connectivity index (χ4n) is 1.92. The molecule has 2 rings (SSSR count). The Kier molecular flexibility index (Phi) is 2.97. The lowest BCUT2D eigenvalue weighted by Gasteiger charge is -2.03. The second-order valence-corrected chi connectivity index (χ2v) is 4.13. The third kappa shape index (κ3) is 1.95. The molecule has 1 aromatic rings. The number of allylic oxidation sites excluding steroid dienone is 1. The van der Waals surface area contributed by atoms with Crippen molar-refractivity contribution in [2.75, 3.05) is 7.05 Å². The minimum atomic E-state index is -0.289. The van der Waals surface area contributed by atoms with Crippen molar-refractivity contribution in [3.8, 4) is 0 Å². The van der Waals surface area contributed by atoms with Gasteiger partial charge in [-0.1, -0.05) is 11.6 Å². The quantitative estimate of drug-likeness (QED) is 0.750. The predicted octanol–water partition coefficient (Wildman–Crippen LogP) is 2.55. The molecule has 0 unspecified atom stereocenters. The summed E-state index contributed by atoms with van der Waals surface area (Å²) >= 11 is 5.80. The molecule has 4 heteroatoms. The van der Waals surface area contributed by atoms with Crippen LogP contribution in [-0.2, 0) is 11.2 Å². The number of hydrogen-bond donors (Lipinski definition) is 1. The largest absolute Gasteiger partial charge is 0.356 e. The van der Waals surface area contributed by atoms with Gasteiger partial charge in [0.15, 0.2) is 0 Å². The van der Waals surface area contributed by atoms with Crippen LogP contribution >= 0.6 is 11.6 Å². The summed E-state index contributed by atoms with van der Waals surface area (Å²) in [4.78, 5) is 11.2. The molecule has 0 spiro atoms. The summed E-state index contributed by atoms with van der Waals surface area (Å²) in [6.45, 7) is 0. The van der Waals surface area contributed by atoms with Crippen LogP contribution < -0.4 is 5.32 Å². The predicted molar refractivity (Wildman–Crippen MR) is 61.8 cm³/mol. The molecule has 0 aromatic heterocycles. The van der Waals surface area contributed by atoms with Crippen LogP contribution in [0.2, 0.25) is 5.02 Å². The van der Waals surface area contributed by atoms with E-state index in [9.17, 15) is 9.18 Å². The highest BCUT2D eigenvalue weighted by Crippen LogP contribution is 2.35. The number of carbonyl (C=O) groups excluding carboxylic acids is 1. The number of halogens is 2. The monoisotopic (exact) mass is 239 g/mol. The van der Waals surface area contributed by atoms with E-state index in [0.29, 0.717) is 23.4 Å². The van der Waals surface area contributed by atoms with E-state index in [1.807, 2.05) is 0 Å². The minimum absolute atomic E-state index is 0.178. The maximum Gasteiger partial charge on any atom is 0.244 e. The maximum absolute atomic E-state index is 13.5. The molecular weight excluding hydrogens is 229 g/mol. The summed E-state index contributed by atoms with van der Waals surface area (Å²) in [5, 5.41) is 2.87. The van der Waals surface area contributed by atoms with Crippen molar-refractivity contribution < 1.29 is 9.18 Å². The molecule has 0 heterocycles. The van der Waals surface area contributed by atoms with Gasteiger partial charge < -0.3 is 5.32 Å². The van der Waals surface area contributed by atoms with E-state index in [-0.39, 0.29) is 11.7 Å². The van der Waals surface area contributed by atoms with Gasteiger partial charge in [0.1, 0.15) is 5.82 Å². The fourth-order valence-corrected chi connectivity index (χ4v) is 2.12. The lowest BCUT2D eigenvalue weighted by Crippen LogP contribution is -2.14. The van der Waals surface area contributed by atoms with Crippen LogP contribution in [0.1, 0.15) is 17.5 Å². The summed E-state index contributed by atoms with van der Waals surface area (Å²) in [5.74, 6) is -0.467. The molecule has 1 aliphatic rings. The number of carbonyl (C=O) groups is 1. The van der Waals surface area contributed by atoms with Crippen molar-refractivity contribution in [1.29, 1.82) is 0 Å². The summed E-state index contributed by atoms with van der Waals surface area (Å²) in [5.41, 5.74) is 2.25. The molecular formula is C12H11ClFNO. The fraction of sp³-hybridized carbons (Fsp3) is 0.250. The Balaban J connectivity index is 2.47. The van der Waals surface area contributed by atoms with E-state index in [2.05, 4.69) is 5.32 Å². The number of nitrogens with one attached hydrogen (secondary N) is 1. The molecule has 0 fully saturated rings. The van der Waals surface area contributed by atoms with Crippen LogP contribution in [0.4, 0.5) is 4.39 Å². The van der Waals surface area contributed by atoms with E-state index in [4.69, 9.17) is 11.6 Å². The van der Waals surface area contributed by atoms with Gasteiger partial charge in [-0.05, 0) is 41.7 Å². The van der Waals surface area contributed by atoms with Gasteiger partial charge in [0, 0.05) is 18.1 Å². The van der Waals surface area contributed by atoms with Crippen LogP contribution in [0.3, 0.4) is 0 Å². The van der Waals surface area contributed by atoms with Gasteiger partial charge in [0.2, 0.25) is 5.91 Å². The first-order chi connectivity index (χ1) is 7.61. The Morgan fingerprint density at radius 2 is 2.25 bits per heavy atom. The molecule has 0 saturated heterocycles. The molecule has 1 aromatic carbocycles. The number of likely N-dealkylation sites (N-methyl/N-ethyl adjacent to an activating group) is 1. The Hall–Kier alpha value is -1.35. The first kappa shape index (κ1) is 11.1. The van der Waals surface area contributed by atoms with Crippen LogP contribution in [0, 0.1) is 5.82 Å². The van der Waals surface area contributed by atoms with Gasteiger partial charge in [-0.3, -0.25) is 4.79 Å². The van der Waals surface area contributed by atoms with Crippen molar-refractivity contribution in [3.05, 3.63) is 40.2 Å². The molecule has 1 aliphatic carbocycles. The van der Waals surface area contributed by atoms with Crippen LogP contribution in [-0.4, -0.2) is 13.0 Å². The molecule has 0 saturated carbocycles. The molecule has 0 aliphatic heterocycles. The topological polar surface area (TPSA) is 29.1 Å². The van der Waals surface area contributed by atoms with Gasteiger partial charge in [0.05, 0.1) is 0 Å². The molecule has 84 valence electrons. The molecule has 2 nitrogen and oxygen atoms in total. The van der Waals surface area contributed by atoms with Crippen molar-refractivity contribution >= 4 is 23.1 Å². The van der Waals surface area contributed by atoms with Crippen LogP contribution in [0.25, 0.3) is 5.57 Å². The third-order valence-corrected chi connectivity index (χ3v) is 2.92. The highest BCUT2D eigenvalue weighted by atomic mass is 35.5. The lowest BCUT2D eigenvalue weighted by atomic mass is 10.1. The number of benzene rings is 1. The second-order valence-electron chi connectivity index (χ2n) is 3.70. The summed E-state index contributed by atoms with van der Waals surface area (Å²) in [6.07, 6.45) is 2.81. The Labute approximate surface area is 98.1 Å². The average molecular weight is 240 g/mol. The number of amides is 1. The average Bonchev–Trinajstić information content (AvgIpc) is 2.61. The first-order valence-electron chi connectivity index (χ1n) is 5.02. The molecule has 0 bridgehead atoms. The Bertz CT molecular complexity index is 482. The lowest BCUT2D eigenvalue weighted by molar-refractivity contribution is -0.116. The van der Waals surface area contributed by atoms with E-state index in [0.717, 1.165) is 11.1 Å². The zero-order chi connectivity index (χ0) is 11.7. The number of rotatable bonds is 1. The summed E-state index contributed by atoms with van der Waals surface area (Å²) in [6, 6.07) is 3.02. The third-order valence-electron chi connectivity index (χ3n) is 2.70. The first-order valence-corrected chi connectivity index (χ1v) is 5.40. The highest BCUT2D eigenvalue weighted by Gasteiger charge is 2.21. The summed E-state index contributed by atoms with van der Waals surface area (Å²) < 4.78 is 13.5. The van der Waals surface area contributed by atoms with E-state index < -0.39 is 0 Å². The standard InChI is InChI=1S/C12H11ClFNO/c1-15-12(16)4-7-2-3-9-10(7)5-8(13)6-11(9)14/h4-6H,2-3H2,1H3,(H,15,16). The van der Waals surface area contributed by atoms with Gasteiger partial charge in [0.25, 0.3) is 0 Å². The van der Waals surface area contributed by atoms with Crippen molar-refractivity contribution in [2.45, 2.75) is 12.8 Å². The molecule has 0 radical (unpaired) electrons. The van der Waals surface area contributed by atoms with Gasteiger partial charge in [-0.15, -0.1) is 0 Å². The van der Waals surface area contributed by atoms with Crippen molar-refractivity contribution in [1.82, 2.24) is 5.32 Å². The van der Waals surface area contributed by atoms with Crippen molar-refractivity contribution in [2.24, 2.45) is 0 Å². The highest BCUT2D eigenvalue weighted by molar-refractivity contribution is 6.30. The second kappa shape index (κ2) is 4.26. The van der Waals surface area contributed by atoms with Gasteiger partial charge >= 0.3 is 0 Å². The van der Waals surface area contributed by atoms with E-state index in [1.54, 1.807) is 13.1 Å². The van der Waals surface area contributed by atoms with Crippen molar-refractivity contribution in [3.63, 3.8) is 0 Å². The molecule has 1 N–H and O–H groups in total. The van der Waals surface area contributed by atoms with Crippen LogP contribution in [0.5, 0.6) is 0 Å². The number of fused-ring (bicyclic) bond motifs is 1. The molecule has 0 atom stereocenters. The smallest absolute Gasteiger partial charge is 0.244 e. The molecule has 1 amide bonds. The Morgan fingerprint density at radius 1 is 1.50 bits per heavy atom. The Morgan fingerprint density at radius 3 is 2.94 bits per heavy atom. The minimum Gasteiger partial charge on any atom is -0.356 e. The zero-order valence-corrected chi connectivity index (χ0v) is 9.57. The normalized spacial score (nSPS) is 16.3. The zero-order valence-electron chi connectivity index (χ0n) is 8.81. The maximum atomic E-state index is 13.5. The van der Waals surface area contributed by atoms with Gasteiger partial charge in [-0.2, -0.15) is 0 Å². The van der Waals surface area contributed by atoms with Crippen LogP contribution in [0.15, 0.2) is 18.2 Å². The van der Waals surface area contributed by atoms with E-state index in [1.165, 1.54) is 12.1 Å². The SMILES string of the molecule is CNC(=O)C=C1CCc2c(F)cc(Cl)cc21. The van der Waals surface area contributed by atoms with E-state index >= 15 is 0 Å². The number of hydrogen-bond acceptors (Lipinski definition) is 1. The van der Waals surface area contributed by atoms with Gasteiger partial charge in [-0.25, -0.2) is 4.39 Å².